The number of aromatic nitrogens is 2. The third-order valence-electron chi connectivity index (χ3n) is 2.32. The Morgan fingerprint density at radius 2 is 2.00 bits per heavy atom. The van der Waals surface area contributed by atoms with Gasteiger partial charge in [0.2, 0.25) is 0 Å². The maximum absolute atomic E-state index is 5.40. The molecule has 6 heteroatoms. The van der Waals surface area contributed by atoms with Crippen molar-refractivity contribution in [2.75, 3.05) is 12.5 Å². The number of halogens is 1. The van der Waals surface area contributed by atoms with Gasteiger partial charge in [0.1, 0.15) is 5.82 Å². The molecule has 0 aliphatic heterocycles. The summed E-state index contributed by atoms with van der Waals surface area (Å²) in [5.74, 6) is 6.58. The molecule has 3 N–H and O–H groups in total. The Labute approximate surface area is 113 Å². The van der Waals surface area contributed by atoms with Crippen molar-refractivity contribution in [2.24, 2.45) is 5.84 Å². The maximum atomic E-state index is 5.40. The number of hydrazine groups is 1. The second-order valence-corrected chi connectivity index (χ2v) is 4.57. The van der Waals surface area contributed by atoms with Gasteiger partial charge in [-0.2, -0.15) is 0 Å². The fraction of sp³-hybridized carbons (Fsp3) is 0.167. The predicted octanol–water partition coefficient (Wildman–Crippen LogP) is 2.34. The zero-order valence-electron chi connectivity index (χ0n) is 9.85. The fourth-order valence-electron chi connectivity index (χ4n) is 1.52. The monoisotopic (exact) mass is 308 g/mol. The lowest BCUT2D eigenvalue weighted by molar-refractivity contribution is 0.181. The minimum atomic E-state index is 0.417. The molecule has 1 aromatic heterocycles. The highest BCUT2D eigenvalue weighted by Gasteiger charge is 2.06. The number of nitrogen functional groups attached to an aromatic ring is 1. The lowest BCUT2D eigenvalue weighted by atomic mass is 10.2. The van der Waals surface area contributed by atoms with Crippen LogP contribution < -0.4 is 11.3 Å². The molecule has 0 aliphatic rings. The van der Waals surface area contributed by atoms with Gasteiger partial charge >= 0.3 is 0 Å². The quantitative estimate of drug-likeness (QED) is 0.670. The van der Waals surface area contributed by atoms with Crippen molar-refractivity contribution in [1.82, 2.24) is 9.97 Å². The summed E-state index contributed by atoms with van der Waals surface area (Å²) in [6.07, 6.45) is 0. The Bertz CT molecular complexity index is 530. The Kier molecular flexibility index (Phi) is 4.24. The number of nitrogens with one attached hydrogen (secondary N) is 1. The zero-order chi connectivity index (χ0) is 13.0. The molecule has 0 aliphatic carbocycles. The number of methoxy groups -OCH3 is 1. The molecule has 0 atom stereocenters. The molecular formula is C12H13BrN4O. The number of benzene rings is 1. The number of anilines is 1. The van der Waals surface area contributed by atoms with E-state index in [1.165, 1.54) is 0 Å². The first kappa shape index (κ1) is 12.9. The van der Waals surface area contributed by atoms with Gasteiger partial charge in [0, 0.05) is 23.2 Å². The summed E-state index contributed by atoms with van der Waals surface area (Å²) in [5, 5.41) is 0. The lowest BCUT2D eigenvalue weighted by Gasteiger charge is -2.07. The van der Waals surface area contributed by atoms with Gasteiger partial charge in [-0.05, 0) is 12.1 Å². The molecule has 1 aromatic carbocycles. The first-order valence-corrected chi connectivity index (χ1v) is 6.11. The number of rotatable bonds is 4. The summed E-state index contributed by atoms with van der Waals surface area (Å²) in [7, 11) is 1.62. The number of ether oxygens (including phenoxy) is 1. The summed E-state index contributed by atoms with van der Waals surface area (Å²) >= 11 is 3.39. The van der Waals surface area contributed by atoms with Crippen molar-refractivity contribution < 1.29 is 4.74 Å². The summed E-state index contributed by atoms with van der Waals surface area (Å²) in [6, 6.07) is 9.52. The Balaban J connectivity index is 2.42. The average Bonchev–Trinajstić information content (AvgIpc) is 2.39. The van der Waals surface area contributed by atoms with E-state index in [9.17, 15) is 0 Å². The summed E-state index contributed by atoms with van der Waals surface area (Å²) < 4.78 is 6.08. The minimum absolute atomic E-state index is 0.417. The van der Waals surface area contributed by atoms with Gasteiger partial charge in [-0.25, -0.2) is 15.8 Å². The van der Waals surface area contributed by atoms with Crippen molar-refractivity contribution in [1.29, 1.82) is 0 Å². The number of hydrogen-bond acceptors (Lipinski definition) is 5. The van der Waals surface area contributed by atoms with E-state index in [1.54, 1.807) is 13.2 Å². The average molecular weight is 309 g/mol. The van der Waals surface area contributed by atoms with Crippen LogP contribution in [0.4, 0.5) is 5.82 Å². The molecule has 5 nitrogen and oxygen atoms in total. The van der Waals surface area contributed by atoms with Gasteiger partial charge in [-0.15, -0.1) is 0 Å². The van der Waals surface area contributed by atoms with Crippen LogP contribution in [0.1, 0.15) is 5.69 Å². The number of nitrogens with two attached hydrogens (primary N) is 1. The second kappa shape index (κ2) is 5.90. The number of hydrogen-bond donors (Lipinski definition) is 2. The summed E-state index contributed by atoms with van der Waals surface area (Å²) in [5.41, 5.74) is 4.23. The van der Waals surface area contributed by atoms with Crippen LogP contribution >= 0.6 is 15.9 Å². The van der Waals surface area contributed by atoms with E-state index < -0.39 is 0 Å². The van der Waals surface area contributed by atoms with Gasteiger partial charge in [0.05, 0.1) is 12.3 Å². The Morgan fingerprint density at radius 1 is 1.28 bits per heavy atom. The summed E-state index contributed by atoms with van der Waals surface area (Å²) in [4.78, 5) is 8.74. The van der Waals surface area contributed by atoms with E-state index in [1.807, 2.05) is 24.3 Å². The van der Waals surface area contributed by atoms with Crippen molar-refractivity contribution >= 4 is 21.7 Å². The third-order valence-corrected chi connectivity index (χ3v) is 2.85. The first-order valence-electron chi connectivity index (χ1n) is 5.32. The lowest BCUT2D eigenvalue weighted by Crippen LogP contribution is -2.10. The molecule has 0 spiro atoms. The Hall–Kier alpha value is -1.50. The molecule has 0 fully saturated rings. The van der Waals surface area contributed by atoms with E-state index in [-0.39, 0.29) is 0 Å². The van der Waals surface area contributed by atoms with Crippen LogP contribution in [0.25, 0.3) is 11.4 Å². The molecule has 0 saturated heterocycles. The van der Waals surface area contributed by atoms with Crippen LogP contribution in [-0.4, -0.2) is 17.1 Å². The van der Waals surface area contributed by atoms with Crippen molar-refractivity contribution in [2.45, 2.75) is 6.61 Å². The van der Waals surface area contributed by atoms with E-state index in [2.05, 4.69) is 31.3 Å². The van der Waals surface area contributed by atoms with Crippen molar-refractivity contribution in [3.8, 4) is 11.4 Å². The third kappa shape index (κ3) is 3.04. The standard InChI is InChI=1S/C12H13BrN4O/c1-18-7-10-6-11(17-14)16-12(15-10)8-2-4-9(13)5-3-8/h2-6H,7,14H2,1H3,(H,15,16,17). The molecule has 0 saturated carbocycles. The Morgan fingerprint density at radius 3 is 2.61 bits per heavy atom. The molecule has 2 rings (SSSR count). The molecule has 0 radical (unpaired) electrons. The minimum Gasteiger partial charge on any atom is -0.378 e. The van der Waals surface area contributed by atoms with E-state index >= 15 is 0 Å². The SMILES string of the molecule is COCc1cc(NN)nc(-c2ccc(Br)cc2)n1. The van der Waals surface area contributed by atoms with E-state index in [0.717, 1.165) is 15.7 Å². The highest BCUT2D eigenvalue weighted by Crippen LogP contribution is 2.20. The first-order chi connectivity index (χ1) is 8.72. The van der Waals surface area contributed by atoms with Gasteiger partial charge < -0.3 is 10.2 Å². The molecule has 2 aromatic rings. The largest absolute Gasteiger partial charge is 0.378 e. The molecule has 0 bridgehead atoms. The molecular weight excluding hydrogens is 296 g/mol. The van der Waals surface area contributed by atoms with Crippen molar-refractivity contribution in [3.05, 3.63) is 40.5 Å². The predicted molar refractivity (Wildman–Crippen MR) is 73.7 cm³/mol. The zero-order valence-corrected chi connectivity index (χ0v) is 11.4. The van der Waals surface area contributed by atoms with Crippen LogP contribution in [0.15, 0.2) is 34.8 Å². The molecule has 94 valence electrons. The molecule has 1 heterocycles. The van der Waals surface area contributed by atoms with E-state index in [4.69, 9.17) is 10.6 Å². The number of nitrogens with zero attached hydrogens (tertiary/aromatic N) is 2. The van der Waals surface area contributed by atoms with Crippen LogP contribution in [0, 0.1) is 0 Å². The van der Waals surface area contributed by atoms with Gasteiger partial charge in [0.15, 0.2) is 5.82 Å². The van der Waals surface area contributed by atoms with Gasteiger partial charge in [-0.1, -0.05) is 28.1 Å². The van der Waals surface area contributed by atoms with Gasteiger partial charge in [-0.3, -0.25) is 0 Å². The maximum Gasteiger partial charge on any atom is 0.161 e. The van der Waals surface area contributed by atoms with Crippen LogP contribution in [0.3, 0.4) is 0 Å². The molecule has 0 unspecified atom stereocenters. The summed E-state index contributed by atoms with van der Waals surface area (Å²) in [6.45, 7) is 0.417. The second-order valence-electron chi connectivity index (χ2n) is 3.65. The van der Waals surface area contributed by atoms with Crippen LogP contribution in [0.5, 0.6) is 0 Å². The topological polar surface area (TPSA) is 73.1 Å². The smallest absolute Gasteiger partial charge is 0.161 e. The van der Waals surface area contributed by atoms with E-state index in [0.29, 0.717) is 18.2 Å². The normalized spacial score (nSPS) is 10.4. The highest BCUT2D eigenvalue weighted by atomic mass is 79.9. The van der Waals surface area contributed by atoms with Crippen LogP contribution in [-0.2, 0) is 11.3 Å². The van der Waals surface area contributed by atoms with Crippen molar-refractivity contribution in [3.63, 3.8) is 0 Å². The fourth-order valence-corrected chi connectivity index (χ4v) is 1.79. The molecule has 0 amide bonds. The molecule has 18 heavy (non-hydrogen) atoms. The van der Waals surface area contributed by atoms with Crippen LogP contribution in [0.2, 0.25) is 0 Å². The highest BCUT2D eigenvalue weighted by molar-refractivity contribution is 9.10. The van der Waals surface area contributed by atoms with Gasteiger partial charge in [0.25, 0.3) is 0 Å².